The Morgan fingerprint density at radius 2 is 1.85 bits per heavy atom. The number of hydrogen-bond acceptors (Lipinski definition) is 3. The molecule has 20 heavy (non-hydrogen) atoms. The number of benzene rings is 2. The Balaban J connectivity index is 1.81. The first kappa shape index (κ1) is 12.7. The number of halogens is 1. The summed E-state index contributed by atoms with van der Waals surface area (Å²) in [5.74, 6) is -0.978. The second kappa shape index (κ2) is 4.98. The van der Waals surface area contributed by atoms with Crippen molar-refractivity contribution in [3.63, 3.8) is 0 Å². The molecule has 0 spiro atoms. The Hall–Kier alpha value is -2.33. The molecule has 100 valence electrons. The zero-order valence-electron chi connectivity index (χ0n) is 10.5. The molecule has 0 bridgehead atoms. The van der Waals surface area contributed by atoms with Gasteiger partial charge in [-0.3, -0.25) is 14.5 Å². The fourth-order valence-corrected chi connectivity index (χ4v) is 2.36. The molecule has 0 unspecified atom stereocenters. The molecule has 1 heterocycles. The third-order valence-corrected chi connectivity index (χ3v) is 3.38. The van der Waals surface area contributed by atoms with Crippen LogP contribution in [0.4, 0.5) is 11.4 Å². The van der Waals surface area contributed by atoms with Crippen LogP contribution in [0.15, 0.2) is 48.5 Å². The molecule has 5 heteroatoms. The molecule has 2 aromatic carbocycles. The van der Waals surface area contributed by atoms with E-state index in [4.69, 9.17) is 11.6 Å². The largest absolute Gasteiger partial charge is 0.367 e. The number of nitrogens with one attached hydrogen (secondary N) is 1. The third-order valence-electron chi connectivity index (χ3n) is 3.14. The number of ketones is 1. The van der Waals surface area contributed by atoms with Crippen molar-refractivity contribution in [2.75, 3.05) is 16.9 Å². The molecule has 2 aromatic rings. The van der Waals surface area contributed by atoms with Crippen molar-refractivity contribution in [2.45, 2.75) is 0 Å². The number of fused-ring (bicyclic) bond motifs is 1. The average molecular weight is 287 g/mol. The fourth-order valence-electron chi connectivity index (χ4n) is 2.17. The van der Waals surface area contributed by atoms with Crippen LogP contribution < -0.4 is 10.2 Å². The first-order chi connectivity index (χ1) is 9.66. The Bertz CT molecular complexity index is 700. The maximum atomic E-state index is 12.0. The Labute approximate surface area is 121 Å². The van der Waals surface area contributed by atoms with Gasteiger partial charge in [-0.15, -0.1) is 0 Å². The molecule has 0 atom stereocenters. The van der Waals surface area contributed by atoms with Crippen LogP contribution in [0, 0.1) is 0 Å². The SMILES string of the molecule is O=C1C(=O)N(CNc2cccc(Cl)c2)c2ccccc21. The lowest BCUT2D eigenvalue weighted by atomic mass is 10.1. The summed E-state index contributed by atoms with van der Waals surface area (Å²) in [5, 5.41) is 3.70. The first-order valence-corrected chi connectivity index (χ1v) is 6.49. The van der Waals surface area contributed by atoms with Crippen molar-refractivity contribution in [1.29, 1.82) is 0 Å². The van der Waals surface area contributed by atoms with E-state index in [9.17, 15) is 9.59 Å². The van der Waals surface area contributed by atoms with Crippen LogP contribution in [0.5, 0.6) is 0 Å². The predicted molar refractivity (Wildman–Crippen MR) is 78.2 cm³/mol. The maximum Gasteiger partial charge on any atom is 0.300 e. The lowest BCUT2D eigenvalue weighted by Crippen LogP contribution is -2.34. The van der Waals surface area contributed by atoms with Gasteiger partial charge in [0, 0.05) is 10.7 Å². The summed E-state index contributed by atoms with van der Waals surface area (Å²) in [5.41, 5.74) is 1.88. The standard InChI is InChI=1S/C15H11ClN2O2/c16-10-4-3-5-11(8-10)17-9-18-13-7-2-1-6-12(13)14(19)15(18)20/h1-8,17H,9H2. The molecule has 1 aliphatic rings. The van der Waals surface area contributed by atoms with Crippen LogP contribution in [0.1, 0.15) is 10.4 Å². The summed E-state index contributed by atoms with van der Waals surface area (Å²) >= 11 is 5.90. The van der Waals surface area contributed by atoms with Gasteiger partial charge in [0.05, 0.1) is 17.9 Å². The molecule has 0 fully saturated rings. The summed E-state index contributed by atoms with van der Waals surface area (Å²) in [6.45, 7) is 0.224. The van der Waals surface area contributed by atoms with Crippen LogP contribution in [0.25, 0.3) is 0 Å². The highest BCUT2D eigenvalue weighted by atomic mass is 35.5. The second-order valence-electron chi connectivity index (χ2n) is 4.42. The first-order valence-electron chi connectivity index (χ1n) is 6.11. The number of carbonyl (C=O) groups excluding carboxylic acids is 2. The van der Waals surface area contributed by atoms with Crippen LogP contribution in [0.3, 0.4) is 0 Å². The lowest BCUT2D eigenvalue weighted by Gasteiger charge is -2.18. The van der Waals surface area contributed by atoms with E-state index in [1.807, 2.05) is 12.1 Å². The number of anilines is 2. The topological polar surface area (TPSA) is 49.4 Å². The van der Waals surface area contributed by atoms with E-state index in [-0.39, 0.29) is 6.67 Å². The lowest BCUT2D eigenvalue weighted by molar-refractivity contribution is -0.114. The van der Waals surface area contributed by atoms with E-state index in [1.165, 1.54) is 4.90 Å². The van der Waals surface area contributed by atoms with Crippen molar-refractivity contribution in [1.82, 2.24) is 0 Å². The molecule has 4 nitrogen and oxygen atoms in total. The maximum absolute atomic E-state index is 12.0. The fraction of sp³-hybridized carbons (Fsp3) is 0.0667. The third kappa shape index (κ3) is 2.14. The summed E-state index contributed by atoms with van der Waals surface area (Å²) in [6.07, 6.45) is 0. The molecular weight excluding hydrogens is 276 g/mol. The molecular formula is C15H11ClN2O2. The number of rotatable bonds is 3. The van der Waals surface area contributed by atoms with Gasteiger partial charge in [-0.2, -0.15) is 0 Å². The van der Waals surface area contributed by atoms with Crippen molar-refractivity contribution >= 4 is 34.7 Å². The zero-order chi connectivity index (χ0) is 14.1. The monoisotopic (exact) mass is 286 g/mol. The van der Waals surface area contributed by atoms with Crippen molar-refractivity contribution < 1.29 is 9.59 Å². The number of carbonyl (C=O) groups is 2. The average Bonchev–Trinajstić information content (AvgIpc) is 2.70. The molecule has 0 aliphatic carbocycles. The molecule has 3 rings (SSSR count). The van der Waals surface area contributed by atoms with Gasteiger partial charge >= 0.3 is 5.91 Å². The number of para-hydroxylation sites is 1. The zero-order valence-corrected chi connectivity index (χ0v) is 11.2. The van der Waals surface area contributed by atoms with Gasteiger partial charge in [-0.05, 0) is 30.3 Å². The quantitative estimate of drug-likeness (QED) is 0.883. The Kier molecular flexibility index (Phi) is 3.16. The van der Waals surface area contributed by atoms with Crippen molar-refractivity contribution in [3.8, 4) is 0 Å². The highest BCUT2D eigenvalue weighted by molar-refractivity contribution is 6.52. The van der Waals surface area contributed by atoms with Crippen LogP contribution in [0.2, 0.25) is 5.02 Å². The second-order valence-corrected chi connectivity index (χ2v) is 4.86. The number of hydrogen-bond donors (Lipinski definition) is 1. The molecule has 1 aliphatic heterocycles. The van der Waals surface area contributed by atoms with E-state index in [0.29, 0.717) is 16.3 Å². The summed E-state index contributed by atoms with van der Waals surface area (Å²) in [4.78, 5) is 25.2. The van der Waals surface area contributed by atoms with E-state index in [0.717, 1.165) is 5.69 Å². The summed E-state index contributed by atoms with van der Waals surface area (Å²) in [7, 11) is 0. The molecule has 0 saturated carbocycles. The molecule has 0 saturated heterocycles. The van der Waals surface area contributed by atoms with Gasteiger partial charge < -0.3 is 5.32 Å². The van der Waals surface area contributed by atoms with Gasteiger partial charge in [-0.25, -0.2) is 0 Å². The Morgan fingerprint density at radius 3 is 2.65 bits per heavy atom. The van der Waals surface area contributed by atoms with E-state index in [1.54, 1.807) is 36.4 Å². The Morgan fingerprint density at radius 1 is 1.05 bits per heavy atom. The van der Waals surface area contributed by atoms with Gasteiger partial charge in [-0.1, -0.05) is 29.8 Å². The molecule has 0 aromatic heterocycles. The summed E-state index contributed by atoms with van der Waals surface area (Å²) in [6, 6.07) is 14.2. The molecule has 1 N–H and O–H groups in total. The normalized spacial score (nSPS) is 13.6. The van der Waals surface area contributed by atoms with Gasteiger partial charge in [0.1, 0.15) is 0 Å². The van der Waals surface area contributed by atoms with Gasteiger partial charge in [0.25, 0.3) is 5.78 Å². The minimum Gasteiger partial charge on any atom is -0.367 e. The minimum atomic E-state index is -0.513. The van der Waals surface area contributed by atoms with Crippen LogP contribution >= 0.6 is 11.6 Å². The highest BCUT2D eigenvalue weighted by Crippen LogP contribution is 2.28. The van der Waals surface area contributed by atoms with Gasteiger partial charge in [0.2, 0.25) is 0 Å². The molecule has 0 radical (unpaired) electrons. The van der Waals surface area contributed by atoms with Gasteiger partial charge in [0.15, 0.2) is 0 Å². The van der Waals surface area contributed by atoms with Crippen LogP contribution in [-0.2, 0) is 4.79 Å². The van der Waals surface area contributed by atoms with Crippen LogP contribution in [-0.4, -0.2) is 18.4 Å². The highest BCUT2D eigenvalue weighted by Gasteiger charge is 2.35. The number of nitrogens with zero attached hydrogens (tertiary/aromatic N) is 1. The molecule has 1 amide bonds. The number of amides is 1. The van der Waals surface area contributed by atoms with Crippen molar-refractivity contribution in [2.24, 2.45) is 0 Å². The van der Waals surface area contributed by atoms with E-state index < -0.39 is 11.7 Å². The van der Waals surface area contributed by atoms with E-state index in [2.05, 4.69) is 5.32 Å². The van der Waals surface area contributed by atoms with Crippen molar-refractivity contribution in [3.05, 3.63) is 59.1 Å². The van der Waals surface area contributed by atoms with E-state index >= 15 is 0 Å². The predicted octanol–water partition coefficient (Wildman–Crippen LogP) is 2.94. The number of Topliss-reactive ketones (excluding diaryl/α,β-unsaturated/α-hetero) is 1. The minimum absolute atomic E-state index is 0.224. The smallest absolute Gasteiger partial charge is 0.300 e. The summed E-state index contributed by atoms with van der Waals surface area (Å²) < 4.78 is 0.